The molecule has 202 valence electrons. The number of sulfonamides is 1. The fourth-order valence-corrected chi connectivity index (χ4v) is 6.09. The lowest BCUT2D eigenvalue weighted by Gasteiger charge is -2.23. The van der Waals surface area contributed by atoms with Gasteiger partial charge in [0.2, 0.25) is 21.8 Å². The van der Waals surface area contributed by atoms with Crippen molar-refractivity contribution in [3.63, 3.8) is 0 Å². The lowest BCUT2D eigenvalue weighted by atomic mass is 10.0. The summed E-state index contributed by atoms with van der Waals surface area (Å²) < 4.78 is 84.8. The quantitative estimate of drug-likeness (QED) is 0.431. The second-order valence-electron chi connectivity index (χ2n) is 8.90. The number of rotatable bonds is 7. The highest BCUT2D eigenvalue weighted by Gasteiger charge is 2.39. The highest BCUT2D eigenvalue weighted by atomic mass is 32.2. The molecule has 1 aliphatic heterocycles. The van der Waals surface area contributed by atoms with Crippen LogP contribution in [0.3, 0.4) is 0 Å². The second-order valence-corrected chi connectivity index (χ2v) is 10.8. The maximum atomic E-state index is 13.3. The monoisotopic (exact) mass is 551 g/mol. The first-order valence-corrected chi connectivity index (χ1v) is 13.1. The predicted molar refractivity (Wildman–Crippen MR) is 131 cm³/mol. The Morgan fingerprint density at radius 1 is 1.13 bits per heavy atom. The average Bonchev–Trinajstić information content (AvgIpc) is 3.37. The van der Waals surface area contributed by atoms with Crippen molar-refractivity contribution in [1.82, 2.24) is 14.6 Å². The van der Waals surface area contributed by atoms with Crippen LogP contribution < -0.4 is 10.1 Å². The van der Waals surface area contributed by atoms with Crippen LogP contribution in [-0.4, -0.2) is 43.3 Å². The van der Waals surface area contributed by atoms with Crippen LogP contribution in [0, 0.1) is 12.7 Å². The fraction of sp³-hybridized carbons (Fsp3) is 0.308. The summed E-state index contributed by atoms with van der Waals surface area (Å²) in [6.07, 6.45) is -3.79. The molecule has 38 heavy (non-hydrogen) atoms. The number of aromatic nitrogens is 1. The zero-order chi connectivity index (χ0) is 27.7. The summed E-state index contributed by atoms with van der Waals surface area (Å²) in [6.45, 7) is 2.02. The first-order valence-electron chi connectivity index (χ1n) is 11.7. The number of pyridine rings is 1. The van der Waals surface area contributed by atoms with Gasteiger partial charge in [0.1, 0.15) is 17.6 Å². The van der Waals surface area contributed by atoms with Crippen molar-refractivity contribution in [2.75, 3.05) is 13.7 Å². The van der Waals surface area contributed by atoms with Gasteiger partial charge in [-0.25, -0.2) is 17.8 Å². The molecule has 1 amide bonds. The Bertz CT molecular complexity index is 1440. The summed E-state index contributed by atoms with van der Waals surface area (Å²) in [4.78, 5) is 16.5. The summed E-state index contributed by atoms with van der Waals surface area (Å²) in [6, 6.07) is 10.9. The molecule has 1 N–H and O–H groups in total. The number of carbonyl (C=O) groups excluding carboxylic acids is 1. The van der Waals surface area contributed by atoms with Crippen LogP contribution >= 0.6 is 0 Å². The molecular formula is C26H25F4N3O4S. The van der Waals surface area contributed by atoms with Crippen LogP contribution in [0.4, 0.5) is 17.6 Å². The standard InChI is InChI=1S/C26H25F4N3O4S/c1-16-12-17(14-18(13-16)21-9-10-23(26(28,29)30)32-25(21)37-2)15-31-24(34)22-4-3-11-33(22)38(35,36)20-7-5-19(27)6-8-20/h5-10,12-14,22H,3-4,11,15H2,1-2H3,(H,31,34)/t22-/m0/s1. The van der Waals surface area contributed by atoms with Crippen molar-refractivity contribution in [2.24, 2.45) is 0 Å². The molecule has 1 aliphatic rings. The number of halogens is 4. The van der Waals surface area contributed by atoms with Gasteiger partial charge in [0, 0.05) is 18.7 Å². The molecule has 3 aromatic rings. The lowest BCUT2D eigenvalue weighted by Crippen LogP contribution is -2.45. The highest BCUT2D eigenvalue weighted by molar-refractivity contribution is 7.89. The molecule has 7 nitrogen and oxygen atoms in total. The Balaban J connectivity index is 1.52. The largest absolute Gasteiger partial charge is 0.481 e. The number of hydrogen-bond donors (Lipinski definition) is 1. The zero-order valence-corrected chi connectivity index (χ0v) is 21.4. The molecule has 0 spiro atoms. The molecule has 0 radical (unpaired) electrons. The third-order valence-electron chi connectivity index (χ3n) is 6.19. The van der Waals surface area contributed by atoms with Gasteiger partial charge in [-0.1, -0.05) is 17.7 Å². The minimum absolute atomic E-state index is 0.0603. The molecule has 4 rings (SSSR count). The summed E-state index contributed by atoms with van der Waals surface area (Å²) in [7, 11) is -2.77. The van der Waals surface area contributed by atoms with E-state index in [1.807, 2.05) is 0 Å². The van der Waals surface area contributed by atoms with E-state index >= 15 is 0 Å². The van der Waals surface area contributed by atoms with E-state index in [1.54, 1.807) is 25.1 Å². The van der Waals surface area contributed by atoms with E-state index in [1.165, 1.54) is 13.2 Å². The van der Waals surface area contributed by atoms with E-state index in [4.69, 9.17) is 4.74 Å². The first-order chi connectivity index (χ1) is 17.9. The molecule has 0 aliphatic carbocycles. The van der Waals surface area contributed by atoms with E-state index in [0.29, 0.717) is 29.5 Å². The number of ether oxygens (including phenoxy) is 1. The molecule has 12 heteroatoms. The summed E-state index contributed by atoms with van der Waals surface area (Å²) >= 11 is 0. The highest BCUT2D eigenvalue weighted by Crippen LogP contribution is 2.35. The van der Waals surface area contributed by atoms with Crippen molar-refractivity contribution in [1.29, 1.82) is 0 Å². The fourth-order valence-electron chi connectivity index (χ4n) is 4.43. The smallest absolute Gasteiger partial charge is 0.433 e. The maximum absolute atomic E-state index is 13.3. The van der Waals surface area contributed by atoms with E-state index in [-0.39, 0.29) is 23.9 Å². The van der Waals surface area contributed by atoms with Crippen LogP contribution in [0.15, 0.2) is 59.5 Å². The van der Waals surface area contributed by atoms with Crippen molar-refractivity contribution >= 4 is 15.9 Å². The number of nitrogens with zero attached hydrogens (tertiary/aromatic N) is 2. The second kappa shape index (κ2) is 10.7. The molecule has 1 aromatic heterocycles. The van der Waals surface area contributed by atoms with Gasteiger partial charge in [0.25, 0.3) is 0 Å². The maximum Gasteiger partial charge on any atom is 0.433 e. The van der Waals surface area contributed by atoms with Gasteiger partial charge in [0.15, 0.2) is 0 Å². The normalized spacial score (nSPS) is 16.4. The van der Waals surface area contributed by atoms with Crippen molar-refractivity contribution in [3.8, 4) is 17.0 Å². The Morgan fingerprint density at radius 3 is 2.50 bits per heavy atom. The number of alkyl halides is 3. The van der Waals surface area contributed by atoms with Gasteiger partial charge in [-0.05, 0) is 73.4 Å². The van der Waals surface area contributed by atoms with E-state index < -0.39 is 39.7 Å². The molecule has 1 atom stereocenters. The lowest BCUT2D eigenvalue weighted by molar-refractivity contribution is -0.141. The van der Waals surface area contributed by atoms with E-state index in [9.17, 15) is 30.8 Å². The average molecular weight is 552 g/mol. The number of aryl methyl sites for hydroxylation is 1. The van der Waals surface area contributed by atoms with Crippen LogP contribution in [0.1, 0.15) is 29.7 Å². The predicted octanol–water partition coefficient (Wildman–Crippen LogP) is 4.69. The summed E-state index contributed by atoms with van der Waals surface area (Å²) in [5.41, 5.74) is 1.27. The van der Waals surface area contributed by atoms with Gasteiger partial charge in [-0.15, -0.1) is 0 Å². The first kappa shape index (κ1) is 27.5. The molecule has 0 bridgehead atoms. The topological polar surface area (TPSA) is 88.6 Å². The van der Waals surface area contributed by atoms with Gasteiger partial charge < -0.3 is 10.1 Å². The molecular weight excluding hydrogens is 526 g/mol. The van der Waals surface area contributed by atoms with Gasteiger partial charge in [-0.2, -0.15) is 17.5 Å². The van der Waals surface area contributed by atoms with E-state index in [2.05, 4.69) is 10.3 Å². The third-order valence-corrected chi connectivity index (χ3v) is 8.11. The van der Waals surface area contributed by atoms with Gasteiger partial charge in [0.05, 0.1) is 12.0 Å². The van der Waals surface area contributed by atoms with Crippen molar-refractivity contribution < 1.29 is 35.5 Å². The molecule has 0 saturated carbocycles. The molecule has 1 saturated heterocycles. The zero-order valence-electron chi connectivity index (χ0n) is 20.5. The van der Waals surface area contributed by atoms with Crippen molar-refractivity contribution in [2.45, 2.75) is 43.4 Å². The Hall–Kier alpha value is -3.51. The molecule has 0 unspecified atom stereocenters. The number of benzene rings is 2. The minimum Gasteiger partial charge on any atom is -0.481 e. The van der Waals surface area contributed by atoms with Crippen LogP contribution in [0.2, 0.25) is 0 Å². The molecule has 2 aromatic carbocycles. The van der Waals surface area contributed by atoms with Crippen LogP contribution in [0.25, 0.3) is 11.1 Å². The Morgan fingerprint density at radius 2 is 1.84 bits per heavy atom. The number of carbonyl (C=O) groups is 1. The van der Waals surface area contributed by atoms with Crippen LogP contribution in [0.5, 0.6) is 5.88 Å². The Labute approximate surface area is 217 Å². The third kappa shape index (κ3) is 5.81. The SMILES string of the molecule is COc1nc(C(F)(F)F)ccc1-c1cc(C)cc(CNC(=O)[C@@H]2CCCN2S(=O)(=O)c2ccc(F)cc2)c1. The number of amides is 1. The van der Waals surface area contributed by atoms with Gasteiger partial charge in [-0.3, -0.25) is 4.79 Å². The number of hydrogen-bond acceptors (Lipinski definition) is 5. The molecule has 2 heterocycles. The van der Waals surface area contributed by atoms with Gasteiger partial charge >= 0.3 is 6.18 Å². The number of nitrogens with one attached hydrogen (secondary N) is 1. The molecule has 1 fully saturated rings. The minimum atomic E-state index is -4.62. The van der Waals surface area contributed by atoms with Crippen molar-refractivity contribution in [3.05, 3.63) is 77.2 Å². The summed E-state index contributed by atoms with van der Waals surface area (Å²) in [5, 5.41) is 2.77. The Kier molecular flexibility index (Phi) is 7.75. The summed E-state index contributed by atoms with van der Waals surface area (Å²) in [5.74, 6) is -1.24. The van der Waals surface area contributed by atoms with Crippen LogP contribution in [-0.2, 0) is 27.5 Å². The number of methoxy groups -OCH3 is 1. The van der Waals surface area contributed by atoms with E-state index in [0.717, 1.165) is 40.2 Å².